The Morgan fingerprint density at radius 3 is 3.06 bits per heavy atom. The second-order valence-electron chi connectivity index (χ2n) is 3.40. The van der Waals surface area contributed by atoms with E-state index >= 15 is 0 Å². The van der Waals surface area contributed by atoms with Gasteiger partial charge in [-0.05, 0) is 12.1 Å². The number of hydrogen-bond donors (Lipinski definition) is 2. The van der Waals surface area contributed by atoms with E-state index in [9.17, 15) is 0 Å². The molecule has 0 aliphatic rings. The Morgan fingerprint density at radius 1 is 1.38 bits per heavy atom. The van der Waals surface area contributed by atoms with Gasteiger partial charge in [-0.3, -0.25) is 5.10 Å². The van der Waals surface area contributed by atoms with E-state index in [1.807, 2.05) is 12.1 Å². The molecule has 3 rings (SSSR count). The van der Waals surface area contributed by atoms with Gasteiger partial charge in [0.25, 0.3) is 0 Å². The number of aromatic nitrogens is 4. The molecule has 3 aromatic rings. The van der Waals surface area contributed by atoms with Crippen molar-refractivity contribution in [3.63, 3.8) is 0 Å². The number of nitriles is 1. The lowest BCUT2D eigenvalue weighted by molar-refractivity contribution is 1.09. The zero-order chi connectivity index (χ0) is 11.0. The maximum atomic E-state index is 8.93. The third-order valence-corrected chi connectivity index (χ3v) is 2.46. The molecule has 76 valence electrons. The van der Waals surface area contributed by atoms with Gasteiger partial charge in [-0.25, -0.2) is 4.98 Å². The van der Waals surface area contributed by atoms with Crippen LogP contribution in [-0.2, 0) is 0 Å². The molecule has 0 saturated carbocycles. The lowest BCUT2D eigenvalue weighted by Crippen LogP contribution is -1.82. The molecule has 0 aliphatic heterocycles. The molecule has 0 spiro atoms. The number of fused-ring (bicyclic) bond motifs is 1. The van der Waals surface area contributed by atoms with Gasteiger partial charge in [0.05, 0.1) is 11.3 Å². The predicted octanol–water partition coefficient (Wildman–Crippen LogP) is 1.82. The third-order valence-electron chi connectivity index (χ3n) is 2.46. The lowest BCUT2D eigenvalue weighted by atomic mass is 10.1. The molecule has 0 aromatic carbocycles. The summed E-state index contributed by atoms with van der Waals surface area (Å²) in [5.74, 6) is 0. The Labute approximate surface area is 90.8 Å². The second-order valence-corrected chi connectivity index (χ2v) is 3.40. The monoisotopic (exact) mass is 209 g/mol. The summed E-state index contributed by atoms with van der Waals surface area (Å²) >= 11 is 0. The van der Waals surface area contributed by atoms with Gasteiger partial charge in [-0.2, -0.15) is 10.4 Å². The fourth-order valence-electron chi connectivity index (χ4n) is 1.66. The number of H-pyrrole nitrogens is 2. The van der Waals surface area contributed by atoms with Gasteiger partial charge in [0.2, 0.25) is 0 Å². The van der Waals surface area contributed by atoms with Crippen LogP contribution in [0.1, 0.15) is 5.56 Å². The quantitative estimate of drug-likeness (QED) is 0.641. The molecule has 0 atom stereocenters. The molecule has 2 N–H and O–H groups in total. The van der Waals surface area contributed by atoms with Crippen LogP contribution in [0.2, 0.25) is 0 Å². The van der Waals surface area contributed by atoms with Crippen molar-refractivity contribution in [2.24, 2.45) is 0 Å². The van der Waals surface area contributed by atoms with Crippen LogP contribution in [0.25, 0.3) is 22.3 Å². The smallest absolute Gasteiger partial charge is 0.138 e. The van der Waals surface area contributed by atoms with Crippen molar-refractivity contribution in [2.45, 2.75) is 0 Å². The van der Waals surface area contributed by atoms with Crippen molar-refractivity contribution in [1.82, 2.24) is 20.2 Å². The average molecular weight is 209 g/mol. The average Bonchev–Trinajstić information content (AvgIpc) is 2.97. The standard InChI is InChI=1S/C11H7N5/c12-4-8-6-14-11-9(8)3-7(5-13-11)10-1-2-15-16-10/h1-3,5-6H,(H,13,14)(H,15,16). The molecular formula is C11H7N5. The Kier molecular flexibility index (Phi) is 1.74. The molecule has 0 aliphatic carbocycles. The first-order valence-corrected chi connectivity index (χ1v) is 4.75. The van der Waals surface area contributed by atoms with Crippen molar-refractivity contribution in [1.29, 1.82) is 5.26 Å². The molecule has 0 unspecified atom stereocenters. The molecule has 0 bridgehead atoms. The molecule has 0 amide bonds. The summed E-state index contributed by atoms with van der Waals surface area (Å²) in [6.07, 6.45) is 5.09. The Balaban J connectivity index is 2.26. The number of rotatable bonds is 1. The normalized spacial score (nSPS) is 10.4. The van der Waals surface area contributed by atoms with Gasteiger partial charge in [0, 0.05) is 29.5 Å². The molecule has 5 nitrogen and oxygen atoms in total. The molecule has 0 radical (unpaired) electrons. The lowest BCUT2D eigenvalue weighted by Gasteiger charge is -1.96. The summed E-state index contributed by atoms with van der Waals surface area (Å²) < 4.78 is 0. The molecule has 3 heterocycles. The third kappa shape index (κ3) is 1.17. The highest BCUT2D eigenvalue weighted by Gasteiger charge is 2.06. The van der Waals surface area contributed by atoms with Crippen molar-refractivity contribution in [3.8, 4) is 17.3 Å². The van der Waals surface area contributed by atoms with Crippen molar-refractivity contribution < 1.29 is 0 Å². The zero-order valence-electron chi connectivity index (χ0n) is 8.23. The highest BCUT2D eigenvalue weighted by Crippen LogP contribution is 2.22. The van der Waals surface area contributed by atoms with Crippen LogP contribution in [0.5, 0.6) is 0 Å². The maximum absolute atomic E-state index is 8.93. The van der Waals surface area contributed by atoms with E-state index in [1.165, 1.54) is 0 Å². The number of nitrogens with zero attached hydrogens (tertiary/aromatic N) is 3. The summed E-state index contributed by atoms with van der Waals surface area (Å²) in [6.45, 7) is 0. The van der Waals surface area contributed by atoms with Crippen LogP contribution in [0.15, 0.2) is 30.7 Å². The van der Waals surface area contributed by atoms with Gasteiger partial charge in [0.15, 0.2) is 0 Å². The van der Waals surface area contributed by atoms with Gasteiger partial charge < -0.3 is 4.98 Å². The van der Waals surface area contributed by atoms with Gasteiger partial charge in [-0.1, -0.05) is 0 Å². The largest absolute Gasteiger partial charge is 0.345 e. The first-order valence-electron chi connectivity index (χ1n) is 4.75. The van der Waals surface area contributed by atoms with Crippen LogP contribution in [-0.4, -0.2) is 20.2 Å². The Morgan fingerprint density at radius 2 is 2.31 bits per heavy atom. The summed E-state index contributed by atoms with van der Waals surface area (Å²) in [5.41, 5.74) is 3.13. The second kappa shape index (κ2) is 3.21. The van der Waals surface area contributed by atoms with E-state index in [4.69, 9.17) is 5.26 Å². The summed E-state index contributed by atoms with van der Waals surface area (Å²) in [6, 6.07) is 5.91. The highest BCUT2D eigenvalue weighted by atomic mass is 15.1. The van der Waals surface area contributed by atoms with Crippen molar-refractivity contribution in [2.75, 3.05) is 0 Å². The Bertz CT molecular complexity index is 672. The van der Waals surface area contributed by atoms with Gasteiger partial charge in [0.1, 0.15) is 11.7 Å². The summed E-state index contributed by atoms with van der Waals surface area (Å²) in [5, 5.41) is 16.5. The van der Waals surface area contributed by atoms with E-state index < -0.39 is 0 Å². The first-order chi connectivity index (χ1) is 7.88. The molecular weight excluding hydrogens is 202 g/mol. The minimum Gasteiger partial charge on any atom is -0.345 e. The topological polar surface area (TPSA) is 81.2 Å². The number of hydrogen-bond acceptors (Lipinski definition) is 3. The zero-order valence-corrected chi connectivity index (χ0v) is 8.23. The minimum atomic E-state index is 0.601. The number of pyridine rings is 1. The fourth-order valence-corrected chi connectivity index (χ4v) is 1.66. The number of aromatic amines is 2. The summed E-state index contributed by atoms with van der Waals surface area (Å²) in [4.78, 5) is 7.20. The predicted molar refractivity (Wildman–Crippen MR) is 58.4 cm³/mol. The molecule has 3 aromatic heterocycles. The van der Waals surface area contributed by atoms with Crippen LogP contribution >= 0.6 is 0 Å². The van der Waals surface area contributed by atoms with Gasteiger partial charge >= 0.3 is 0 Å². The summed E-state index contributed by atoms with van der Waals surface area (Å²) in [7, 11) is 0. The van der Waals surface area contributed by atoms with E-state index in [0.29, 0.717) is 5.56 Å². The van der Waals surface area contributed by atoms with Crippen LogP contribution in [0, 0.1) is 11.3 Å². The van der Waals surface area contributed by atoms with E-state index in [1.54, 1.807) is 18.6 Å². The van der Waals surface area contributed by atoms with Crippen LogP contribution < -0.4 is 0 Å². The van der Waals surface area contributed by atoms with Gasteiger partial charge in [-0.15, -0.1) is 0 Å². The van der Waals surface area contributed by atoms with E-state index in [2.05, 4.69) is 26.2 Å². The minimum absolute atomic E-state index is 0.601. The van der Waals surface area contributed by atoms with E-state index in [-0.39, 0.29) is 0 Å². The highest BCUT2D eigenvalue weighted by molar-refractivity contribution is 5.86. The SMILES string of the molecule is N#Cc1c[nH]c2ncc(-c3ccn[nH]3)cc12. The van der Waals surface area contributed by atoms with E-state index in [0.717, 1.165) is 22.3 Å². The van der Waals surface area contributed by atoms with Crippen molar-refractivity contribution >= 4 is 11.0 Å². The van der Waals surface area contributed by atoms with Crippen molar-refractivity contribution in [3.05, 3.63) is 36.3 Å². The first kappa shape index (κ1) is 8.68. The molecule has 0 fully saturated rings. The Hall–Kier alpha value is -2.61. The molecule has 16 heavy (non-hydrogen) atoms. The number of nitrogens with one attached hydrogen (secondary N) is 2. The molecule has 0 saturated heterocycles. The molecule has 5 heteroatoms. The van der Waals surface area contributed by atoms with Crippen LogP contribution in [0.3, 0.4) is 0 Å². The van der Waals surface area contributed by atoms with Crippen LogP contribution in [0.4, 0.5) is 0 Å². The maximum Gasteiger partial charge on any atom is 0.138 e. The fraction of sp³-hybridized carbons (Fsp3) is 0.